The standard InChI is InChI=1S/C11H16N6O2S/c1-4-20(18,19)16-11-5-8(2)15-17(11)10-6-9(12-3)13-7-14-10/h5-7,16H,4H2,1-3H3,(H,12,13,14). The van der Waals surface area contributed by atoms with Gasteiger partial charge in [-0.05, 0) is 13.8 Å². The summed E-state index contributed by atoms with van der Waals surface area (Å²) in [6.45, 7) is 3.35. The van der Waals surface area contributed by atoms with Crippen LogP contribution in [0.3, 0.4) is 0 Å². The lowest BCUT2D eigenvalue weighted by Gasteiger charge is -2.09. The normalized spacial score (nSPS) is 11.3. The van der Waals surface area contributed by atoms with Crippen LogP contribution < -0.4 is 10.0 Å². The molecular formula is C11H16N6O2S. The Morgan fingerprint density at radius 1 is 1.30 bits per heavy atom. The van der Waals surface area contributed by atoms with Gasteiger partial charge in [0.1, 0.15) is 18.0 Å². The third kappa shape index (κ3) is 3.05. The number of nitrogens with one attached hydrogen (secondary N) is 2. The molecule has 0 bridgehead atoms. The molecule has 8 nitrogen and oxygen atoms in total. The maximum atomic E-state index is 11.7. The van der Waals surface area contributed by atoms with E-state index in [1.165, 1.54) is 11.0 Å². The molecule has 2 aromatic rings. The molecule has 0 radical (unpaired) electrons. The van der Waals surface area contributed by atoms with Gasteiger partial charge in [0, 0.05) is 19.2 Å². The Kier molecular flexibility index (Phi) is 3.89. The van der Waals surface area contributed by atoms with Crippen LogP contribution in [0.4, 0.5) is 11.6 Å². The minimum atomic E-state index is -3.38. The van der Waals surface area contributed by atoms with Crippen molar-refractivity contribution in [1.29, 1.82) is 0 Å². The van der Waals surface area contributed by atoms with Gasteiger partial charge < -0.3 is 5.32 Å². The first-order chi connectivity index (χ1) is 9.45. The van der Waals surface area contributed by atoms with Gasteiger partial charge in [-0.15, -0.1) is 0 Å². The number of hydrogen-bond acceptors (Lipinski definition) is 6. The second-order valence-electron chi connectivity index (χ2n) is 4.10. The van der Waals surface area contributed by atoms with Crippen molar-refractivity contribution in [3.63, 3.8) is 0 Å². The molecule has 2 aromatic heterocycles. The van der Waals surface area contributed by atoms with Gasteiger partial charge in [-0.3, -0.25) is 4.72 Å². The van der Waals surface area contributed by atoms with E-state index in [2.05, 4.69) is 25.1 Å². The smallest absolute Gasteiger partial charge is 0.233 e. The molecular weight excluding hydrogens is 280 g/mol. The molecule has 0 aromatic carbocycles. The van der Waals surface area contributed by atoms with E-state index in [-0.39, 0.29) is 5.75 Å². The Morgan fingerprint density at radius 3 is 2.70 bits per heavy atom. The van der Waals surface area contributed by atoms with Crippen LogP contribution in [0.2, 0.25) is 0 Å². The highest BCUT2D eigenvalue weighted by atomic mass is 32.2. The summed E-state index contributed by atoms with van der Waals surface area (Å²) in [6, 6.07) is 3.32. The molecule has 0 amide bonds. The highest BCUT2D eigenvalue weighted by Gasteiger charge is 2.14. The van der Waals surface area contributed by atoms with Crippen LogP contribution >= 0.6 is 0 Å². The van der Waals surface area contributed by atoms with E-state index in [9.17, 15) is 8.42 Å². The third-order valence-corrected chi connectivity index (χ3v) is 3.88. The topological polar surface area (TPSA) is 102 Å². The summed E-state index contributed by atoms with van der Waals surface area (Å²) < 4.78 is 27.3. The number of nitrogens with zero attached hydrogens (tertiary/aromatic N) is 4. The molecule has 2 N–H and O–H groups in total. The largest absolute Gasteiger partial charge is 0.373 e. The van der Waals surface area contributed by atoms with Crippen molar-refractivity contribution in [3.05, 3.63) is 24.2 Å². The van der Waals surface area contributed by atoms with Crippen LogP contribution in [-0.4, -0.2) is 41.0 Å². The van der Waals surface area contributed by atoms with E-state index in [4.69, 9.17) is 0 Å². The van der Waals surface area contributed by atoms with Gasteiger partial charge in [-0.25, -0.2) is 18.4 Å². The average molecular weight is 296 g/mol. The zero-order chi connectivity index (χ0) is 14.8. The van der Waals surface area contributed by atoms with E-state index in [0.29, 0.717) is 23.1 Å². The highest BCUT2D eigenvalue weighted by molar-refractivity contribution is 7.92. The molecule has 0 aliphatic rings. The van der Waals surface area contributed by atoms with Crippen LogP contribution in [0.1, 0.15) is 12.6 Å². The SMILES string of the molecule is CCS(=O)(=O)Nc1cc(C)nn1-c1cc(NC)ncn1. The minimum Gasteiger partial charge on any atom is -0.373 e. The number of hydrogen-bond donors (Lipinski definition) is 2. The van der Waals surface area contributed by atoms with E-state index in [1.807, 2.05) is 0 Å². The Labute approximate surface area is 117 Å². The maximum Gasteiger partial charge on any atom is 0.233 e. The second kappa shape index (κ2) is 5.45. The predicted octanol–water partition coefficient (Wildman–Crippen LogP) is 0.774. The Balaban J connectivity index is 2.46. The number of aryl methyl sites for hydroxylation is 1. The van der Waals surface area contributed by atoms with E-state index < -0.39 is 10.0 Å². The predicted molar refractivity (Wildman–Crippen MR) is 76.5 cm³/mol. The summed E-state index contributed by atoms with van der Waals surface area (Å²) >= 11 is 0. The Bertz CT molecular complexity index is 709. The summed E-state index contributed by atoms with van der Waals surface area (Å²) in [7, 11) is -1.64. The molecule has 0 saturated carbocycles. The first kappa shape index (κ1) is 14.3. The van der Waals surface area contributed by atoms with Gasteiger partial charge in [0.05, 0.1) is 11.4 Å². The molecule has 0 spiro atoms. The molecule has 108 valence electrons. The van der Waals surface area contributed by atoms with Crippen LogP contribution in [0.25, 0.3) is 5.82 Å². The zero-order valence-corrected chi connectivity index (χ0v) is 12.3. The summed E-state index contributed by atoms with van der Waals surface area (Å²) in [5.41, 5.74) is 0.684. The Hall–Kier alpha value is -2.16. The molecule has 0 atom stereocenters. The van der Waals surface area contributed by atoms with Gasteiger partial charge >= 0.3 is 0 Å². The molecule has 2 rings (SSSR count). The first-order valence-electron chi connectivity index (χ1n) is 6.02. The fourth-order valence-corrected chi connectivity index (χ4v) is 2.19. The van der Waals surface area contributed by atoms with Crippen molar-refractivity contribution in [2.24, 2.45) is 0 Å². The number of sulfonamides is 1. The van der Waals surface area contributed by atoms with Crippen LogP contribution in [0.15, 0.2) is 18.5 Å². The van der Waals surface area contributed by atoms with Gasteiger partial charge in [0.15, 0.2) is 5.82 Å². The van der Waals surface area contributed by atoms with E-state index >= 15 is 0 Å². The van der Waals surface area contributed by atoms with Crippen molar-refractivity contribution >= 4 is 21.7 Å². The third-order valence-electron chi connectivity index (χ3n) is 2.60. The van der Waals surface area contributed by atoms with E-state index in [1.54, 1.807) is 33.0 Å². The second-order valence-corrected chi connectivity index (χ2v) is 6.11. The monoisotopic (exact) mass is 296 g/mol. The summed E-state index contributed by atoms with van der Waals surface area (Å²) in [5.74, 6) is 1.44. The fourth-order valence-electron chi connectivity index (χ4n) is 1.58. The van der Waals surface area contributed by atoms with Crippen molar-refractivity contribution in [2.45, 2.75) is 13.8 Å². The van der Waals surface area contributed by atoms with Crippen LogP contribution in [0, 0.1) is 6.92 Å². The quantitative estimate of drug-likeness (QED) is 0.845. The van der Waals surface area contributed by atoms with Crippen molar-refractivity contribution in [1.82, 2.24) is 19.7 Å². The number of aromatic nitrogens is 4. The average Bonchev–Trinajstić information content (AvgIpc) is 2.79. The lowest BCUT2D eigenvalue weighted by atomic mass is 10.5. The number of rotatable bonds is 5. The lowest BCUT2D eigenvalue weighted by Crippen LogP contribution is -2.17. The van der Waals surface area contributed by atoms with Crippen molar-refractivity contribution in [3.8, 4) is 5.82 Å². The lowest BCUT2D eigenvalue weighted by molar-refractivity contribution is 0.602. The molecule has 0 aliphatic carbocycles. The molecule has 9 heteroatoms. The van der Waals surface area contributed by atoms with Crippen LogP contribution in [-0.2, 0) is 10.0 Å². The highest BCUT2D eigenvalue weighted by Crippen LogP contribution is 2.18. The van der Waals surface area contributed by atoms with Gasteiger partial charge in [0.2, 0.25) is 10.0 Å². The molecule has 0 saturated heterocycles. The molecule has 0 fully saturated rings. The molecule has 0 aliphatic heterocycles. The number of anilines is 2. The molecule has 20 heavy (non-hydrogen) atoms. The summed E-state index contributed by atoms with van der Waals surface area (Å²) in [4.78, 5) is 8.11. The maximum absolute atomic E-state index is 11.7. The summed E-state index contributed by atoms with van der Waals surface area (Å²) in [6.07, 6.45) is 1.39. The van der Waals surface area contributed by atoms with Crippen molar-refractivity contribution < 1.29 is 8.42 Å². The van der Waals surface area contributed by atoms with Gasteiger partial charge in [0.25, 0.3) is 0 Å². The van der Waals surface area contributed by atoms with Crippen LogP contribution in [0.5, 0.6) is 0 Å². The summed E-state index contributed by atoms with van der Waals surface area (Å²) in [5, 5.41) is 7.14. The van der Waals surface area contributed by atoms with E-state index in [0.717, 1.165) is 0 Å². The fraction of sp³-hybridized carbons (Fsp3) is 0.364. The molecule has 0 unspecified atom stereocenters. The van der Waals surface area contributed by atoms with Crippen molar-refractivity contribution in [2.75, 3.05) is 22.8 Å². The van der Waals surface area contributed by atoms with Gasteiger partial charge in [-0.2, -0.15) is 9.78 Å². The minimum absolute atomic E-state index is 0.0111. The van der Waals surface area contributed by atoms with Gasteiger partial charge in [-0.1, -0.05) is 0 Å². The Morgan fingerprint density at radius 2 is 2.05 bits per heavy atom. The zero-order valence-electron chi connectivity index (χ0n) is 11.5. The first-order valence-corrected chi connectivity index (χ1v) is 7.67. The molecule has 2 heterocycles.